The van der Waals surface area contributed by atoms with E-state index in [2.05, 4.69) is 166 Å². The molecule has 0 amide bonds. The molecule has 230 valence electrons. The number of imidazole rings is 1. The monoisotopic (exact) mass is 628 g/mol. The van der Waals surface area contributed by atoms with Gasteiger partial charge in [0.15, 0.2) is 5.58 Å². The third kappa shape index (κ3) is 3.51. The summed E-state index contributed by atoms with van der Waals surface area (Å²) < 4.78 is 14.0. The van der Waals surface area contributed by atoms with Crippen LogP contribution in [0, 0.1) is 6.92 Å². The highest BCUT2D eigenvalue weighted by Crippen LogP contribution is 2.49. The van der Waals surface area contributed by atoms with Gasteiger partial charge in [-0.2, -0.15) is 0 Å². The molecule has 11 aromatic rings. The van der Waals surface area contributed by atoms with Gasteiger partial charge in [0.25, 0.3) is 0 Å². The van der Waals surface area contributed by atoms with Crippen LogP contribution in [0.1, 0.15) is 5.82 Å². The number of nitrogens with zero attached hydrogens (tertiary/aromatic N) is 4. The minimum atomic E-state index is 0.887. The van der Waals surface area contributed by atoms with Crippen LogP contribution in [-0.2, 0) is 0 Å². The predicted octanol–water partition coefficient (Wildman–Crippen LogP) is 11.4. The van der Waals surface area contributed by atoms with Crippen LogP contribution in [0.4, 0.5) is 0 Å². The van der Waals surface area contributed by atoms with Crippen molar-refractivity contribution in [2.45, 2.75) is 6.92 Å². The van der Waals surface area contributed by atoms with Gasteiger partial charge < -0.3 is 13.6 Å². The number of rotatable bonds is 3. The molecule has 4 heterocycles. The molecular formula is C44H28N4O. The second-order valence-electron chi connectivity index (χ2n) is 12.8. The Kier molecular flexibility index (Phi) is 5.25. The number of hydrogen-bond donors (Lipinski definition) is 0. The van der Waals surface area contributed by atoms with Crippen LogP contribution in [0.2, 0.25) is 0 Å². The largest absolute Gasteiger partial charge is 0.454 e. The van der Waals surface area contributed by atoms with Gasteiger partial charge in [0.05, 0.1) is 33.1 Å². The normalized spacial score (nSPS) is 12.2. The predicted molar refractivity (Wildman–Crippen MR) is 202 cm³/mol. The van der Waals surface area contributed by atoms with E-state index in [1.807, 2.05) is 6.07 Å². The maximum absolute atomic E-state index is 6.91. The van der Waals surface area contributed by atoms with Crippen molar-refractivity contribution in [1.82, 2.24) is 18.7 Å². The molecular weight excluding hydrogens is 601 g/mol. The van der Waals surface area contributed by atoms with Gasteiger partial charge in [-0.1, -0.05) is 91.0 Å². The number of benzene rings is 7. The van der Waals surface area contributed by atoms with Crippen molar-refractivity contribution in [2.24, 2.45) is 0 Å². The summed E-state index contributed by atoms with van der Waals surface area (Å²) in [5.74, 6) is 0.959. The lowest BCUT2D eigenvalue weighted by Crippen LogP contribution is -2.00. The number of hydrogen-bond acceptors (Lipinski definition) is 2. The molecule has 0 radical (unpaired) electrons. The third-order valence-corrected chi connectivity index (χ3v) is 10.1. The van der Waals surface area contributed by atoms with Gasteiger partial charge in [-0.25, -0.2) is 4.98 Å². The molecule has 0 spiro atoms. The van der Waals surface area contributed by atoms with Crippen LogP contribution in [-0.4, -0.2) is 18.7 Å². The minimum Gasteiger partial charge on any atom is -0.454 e. The first kappa shape index (κ1) is 26.5. The molecule has 11 rings (SSSR count). The molecule has 0 aliphatic heterocycles. The Balaban J connectivity index is 1.39. The lowest BCUT2D eigenvalue weighted by atomic mass is 10.0. The molecule has 0 atom stereocenters. The summed E-state index contributed by atoms with van der Waals surface area (Å²) in [5.41, 5.74) is 11.7. The summed E-state index contributed by atoms with van der Waals surface area (Å²) in [7, 11) is 0. The Hall–Kier alpha value is -6.59. The molecule has 5 nitrogen and oxygen atoms in total. The maximum atomic E-state index is 6.91. The average Bonchev–Trinajstić information content (AvgIpc) is 3.89. The Labute approximate surface area is 280 Å². The molecule has 0 aliphatic rings. The third-order valence-electron chi connectivity index (χ3n) is 10.1. The van der Waals surface area contributed by atoms with Crippen LogP contribution in [0.15, 0.2) is 156 Å². The smallest absolute Gasteiger partial charge is 0.160 e. The number of fused-ring (bicyclic) bond motifs is 13. The number of para-hydroxylation sites is 6. The Bertz CT molecular complexity index is 3120. The van der Waals surface area contributed by atoms with E-state index in [9.17, 15) is 0 Å². The van der Waals surface area contributed by atoms with Crippen molar-refractivity contribution in [3.63, 3.8) is 0 Å². The molecule has 0 saturated heterocycles. The zero-order valence-electron chi connectivity index (χ0n) is 26.6. The van der Waals surface area contributed by atoms with Gasteiger partial charge >= 0.3 is 0 Å². The van der Waals surface area contributed by atoms with E-state index >= 15 is 0 Å². The zero-order chi connectivity index (χ0) is 32.2. The number of aromatic nitrogens is 4. The first-order valence-corrected chi connectivity index (χ1v) is 16.7. The quantitative estimate of drug-likeness (QED) is 0.195. The van der Waals surface area contributed by atoms with Crippen molar-refractivity contribution in [3.05, 3.63) is 157 Å². The van der Waals surface area contributed by atoms with Gasteiger partial charge in [-0.05, 0) is 67.6 Å². The Morgan fingerprint density at radius 2 is 1.02 bits per heavy atom. The van der Waals surface area contributed by atoms with Gasteiger partial charge in [-0.15, -0.1) is 0 Å². The Morgan fingerprint density at radius 1 is 0.449 bits per heavy atom. The molecule has 0 saturated carbocycles. The molecule has 0 bridgehead atoms. The minimum absolute atomic E-state index is 0.887. The Morgan fingerprint density at radius 3 is 1.80 bits per heavy atom. The van der Waals surface area contributed by atoms with Crippen molar-refractivity contribution >= 4 is 76.6 Å². The lowest BCUT2D eigenvalue weighted by Gasteiger charge is -2.13. The van der Waals surface area contributed by atoms with Crippen LogP contribution in [0.3, 0.4) is 0 Å². The SMILES string of the molecule is Cc1nc2ccccc2n1-c1cccc(-n2c3ccccc3c3c4c5ccccc5oc4c4c(c5ccccc5n4-c4ccccc4)c32)c1. The summed E-state index contributed by atoms with van der Waals surface area (Å²) in [5, 5.41) is 7.01. The fourth-order valence-corrected chi connectivity index (χ4v) is 8.24. The fraction of sp³-hybridized carbons (Fsp3) is 0.0227. The van der Waals surface area contributed by atoms with Crippen molar-refractivity contribution in [2.75, 3.05) is 0 Å². The summed E-state index contributed by atoms with van der Waals surface area (Å²) in [6.45, 7) is 2.08. The van der Waals surface area contributed by atoms with E-state index in [1.54, 1.807) is 0 Å². The van der Waals surface area contributed by atoms with Gasteiger partial charge in [0.2, 0.25) is 0 Å². The standard InChI is InChI=1S/C44H28N4O/c1-27-45-34-21-8-11-24-37(34)46(27)29-16-13-17-30(26-29)48-35-22-9-5-18-31(35)39-40-33-20-7-12-25-38(33)49-44(40)43-41(42(39)48)32-19-6-10-23-36(32)47(43)28-14-3-2-4-15-28/h2-26H,1H3. The highest BCUT2D eigenvalue weighted by atomic mass is 16.3. The summed E-state index contributed by atoms with van der Waals surface area (Å²) in [6.07, 6.45) is 0. The van der Waals surface area contributed by atoms with Crippen molar-refractivity contribution < 1.29 is 4.42 Å². The van der Waals surface area contributed by atoms with E-state index in [1.165, 1.54) is 27.1 Å². The molecule has 4 aromatic heterocycles. The van der Waals surface area contributed by atoms with Crippen molar-refractivity contribution in [3.8, 4) is 17.1 Å². The fourth-order valence-electron chi connectivity index (χ4n) is 8.24. The molecule has 7 aromatic carbocycles. The van der Waals surface area contributed by atoms with Crippen LogP contribution in [0.25, 0.3) is 93.6 Å². The highest BCUT2D eigenvalue weighted by Gasteiger charge is 2.27. The van der Waals surface area contributed by atoms with Gasteiger partial charge in [-0.3, -0.25) is 4.57 Å². The maximum Gasteiger partial charge on any atom is 0.160 e. The second-order valence-corrected chi connectivity index (χ2v) is 12.8. The lowest BCUT2D eigenvalue weighted by molar-refractivity contribution is 0.671. The zero-order valence-corrected chi connectivity index (χ0v) is 26.6. The molecule has 0 aliphatic carbocycles. The number of furan rings is 1. The topological polar surface area (TPSA) is 40.8 Å². The van der Waals surface area contributed by atoms with E-state index in [0.29, 0.717) is 0 Å². The van der Waals surface area contributed by atoms with E-state index < -0.39 is 0 Å². The molecule has 0 unspecified atom stereocenters. The van der Waals surface area contributed by atoms with Crippen LogP contribution < -0.4 is 0 Å². The van der Waals surface area contributed by atoms with E-state index in [0.717, 1.165) is 72.4 Å². The van der Waals surface area contributed by atoms with E-state index in [4.69, 9.17) is 9.40 Å². The molecule has 0 fully saturated rings. The highest BCUT2D eigenvalue weighted by molar-refractivity contribution is 6.39. The summed E-state index contributed by atoms with van der Waals surface area (Å²) in [4.78, 5) is 4.89. The summed E-state index contributed by atoms with van der Waals surface area (Å²) >= 11 is 0. The number of aryl methyl sites for hydroxylation is 1. The van der Waals surface area contributed by atoms with Crippen molar-refractivity contribution in [1.29, 1.82) is 0 Å². The van der Waals surface area contributed by atoms with Gasteiger partial charge in [0, 0.05) is 49.4 Å². The second kappa shape index (κ2) is 9.72. The molecule has 49 heavy (non-hydrogen) atoms. The molecule has 5 heteroatoms. The average molecular weight is 629 g/mol. The first-order valence-electron chi connectivity index (χ1n) is 16.7. The summed E-state index contributed by atoms with van der Waals surface area (Å²) in [6, 6.07) is 53.9. The molecule has 0 N–H and O–H groups in total. The van der Waals surface area contributed by atoms with Gasteiger partial charge in [0.1, 0.15) is 11.4 Å². The van der Waals surface area contributed by atoms with E-state index in [-0.39, 0.29) is 0 Å². The first-order chi connectivity index (χ1) is 24.3. The van der Waals surface area contributed by atoms with Crippen LogP contribution >= 0.6 is 0 Å². The van der Waals surface area contributed by atoms with Crippen LogP contribution in [0.5, 0.6) is 0 Å².